The summed E-state index contributed by atoms with van der Waals surface area (Å²) in [6.07, 6.45) is 7.73. The number of rotatable bonds is 5. The Morgan fingerprint density at radius 3 is 3.00 bits per heavy atom. The van der Waals surface area contributed by atoms with Crippen molar-refractivity contribution in [3.8, 4) is 11.4 Å². The molecular weight excluding hydrogens is 308 g/mol. The normalized spacial score (nSPS) is 17.7. The summed E-state index contributed by atoms with van der Waals surface area (Å²) in [4.78, 5) is 22.5. The number of hydrogen-bond donors (Lipinski definition) is 0. The number of amides is 1. The molecule has 1 aliphatic rings. The van der Waals surface area contributed by atoms with Crippen LogP contribution in [0.25, 0.3) is 11.4 Å². The number of likely N-dealkylation sites (tertiary alicyclic amines) is 1. The van der Waals surface area contributed by atoms with Crippen LogP contribution in [0.5, 0.6) is 0 Å². The van der Waals surface area contributed by atoms with Crippen LogP contribution in [0.1, 0.15) is 51.0 Å². The van der Waals surface area contributed by atoms with Crippen molar-refractivity contribution in [2.45, 2.75) is 45.1 Å². The van der Waals surface area contributed by atoms with Crippen LogP contribution < -0.4 is 0 Å². The second-order valence-electron chi connectivity index (χ2n) is 5.87. The van der Waals surface area contributed by atoms with Crippen molar-refractivity contribution in [3.63, 3.8) is 0 Å². The molecule has 1 amide bonds. The fraction of sp³-hybridized carbons (Fsp3) is 0.529. The van der Waals surface area contributed by atoms with Gasteiger partial charge in [0.15, 0.2) is 0 Å². The second kappa shape index (κ2) is 7.90. The fourth-order valence-electron chi connectivity index (χ4n) is 2.78. The van der Waals surface area contributed by atoms with E-state index in [1.807, 2.05) is 12.1 Å². The lowest BCUT2D eigenvalue weighted by atomic mass is 10.0. The van der Waals surface area contributed by atoms with E-state index >= 15 is 0 Å². The summed E-state index contributed by atoms with van der Waals surface area (Å²) in [6, 6.07) is 3.44. The average molecular weight is 330 g/mol. The van der Waals surface area contributed by atoms with E-state index in [-0.39, 0.29) is 12.1 Å². The van der Waals surface area contributed by atoms with Crippen LogP contribution in [0, 0.1) is 0 Å². The number of carbonyl (C=O) groups excluding carboxylic acids is 1. The Labute approximate surface area is 141 Å². The Bertz CT molecular complexity index is 659. The van der Waals surface area contributed by atoms with Gasteiger partial charge in [-0.05, 0) is 37.8 Å². The smallest absolute Gasteiger partial charge is 0.410 e. The molecule has 0 radical (unpaired) electrons. The number of unbranched alkanes of at least 4 members (excludes halogenated alkanes) is 1. The topological polar surface area (TPSA) is 81.4 Å². The molecule has 3 heterocycles. The lowest BCUT2D eigenvalue weighted by Gasteiger charge is -2.32. The molecule has 1 saturated heterocycles. The van der Waals surface area contributed by atoms with E-state index in [1.54, 1.807) is 17.3 Å². The highest BCUT2D eigenvalue weighted by Gasteiger charge is 2.33. The maximum Gasteiger partial charge on any atom is 0.410 e. The van der Waals surface area contributed by atoms with Gasteiger partial charge in [-0.2, -0.15) is 4.98 Å². The van der Waals surface area contributed by atoms with Gasteiger partial charge in [0.1, 0.15) is 6.04 Å². The van der Waals surface area contributed by atoms with Gasteiger partial charge in [0.05, 0.1) is 6.61 Å². The number of carbonyl (C=O) groups is 1. The molecule has 24 heavy (non-hydrogen) atoms. The molecule has 1 unspecified atom stereocenters. The Hall–Kier alpha value is -2.44. The Morgan fingerprint density at radius 2 is 2.21 bits per heavy atom. The van der Waals surface area contributed by atoms with Crippen LogP contribution >= 0.6 is 0 Å². The third-order valence-corrected chi connectivity index (χ3v) is 4.13. The zero-order chi connectivity index (χ0) is 16.8. The lowest BCUT2D eigenvalue weighted by Crippen LogP contribution is -2.39. The maximum atomic E-state index is 12.3. The average Bonchev–Trinajstić information content (AvgIpc) is 3.12. The predicted molar refractivity (Wildman–Crippen MR) is 87.1 cm³/mol. The third-order valence-electron chi connectivity index (χ3n) is 4.13. The Morgan fingerprint density at radius 1 is 1.38 bits per heavy atom. The number of nitrogens with zero attached hydrogens (tertiary/aromatic N) is 4. The first-order chi connectivity index (χ1) is 11.8. The molecule has 1 fully saturated rings. The molecule has 2 aromatic heterocycles. The zero-order valence-electron chi connectivity index (χ0n) is 13.9. The first-order valence-electron chi connectivity index (χ1n) is 8.47. The molecule has 0 aromatic carbocycles. The molecule has 0 bridgehead atoms. The molecule has 0 spiro atoms. The van der Waals surface area contributed by atoms with E-state index in [9.17, 15) is 4.79 Å². The third kappa shape index (κ3) is 3.72. The molecule has 128 valence electrons. The molecule has 0 aliphatic carbocycles. The van der Waals surface area contributed by atoms with Crippen molar-refractivity contribution in [1.29, 1.82) is 0 Å². The van der Waals surface area contributed by atoms with Gasteiger partial charge in [-0.3, -0.25) is 9.88 Å². The van der Waals surface area contributed by atoms with E-state index in [1.165, 1.54) is 0 Å². The fourth-order valence-corrected chi connectivity index (χ4v) is 2.78. The Kier molecular flexibility index (Phi) is 5.40. The van der Waals surface area contributed by atoms with Crippen LogP contribution in [0.3, 0.4) is 0 Å². The summed E-state index contributed by atoms with van der Waals surface area (Å²) in [5.41, 5.74) is 0.841. The summed E-state index contributed by atoms with van der Waals surface area (Å²) < 4.78 is 10.8. The number of ether oxygens (including phenoxy) is 1. The molecule has 0 N–H and O–H groups in total. The van der Waals surface area contributed by atoms with E-state index < -0.39 is 0 Å². The molecule has 3 rings (SSSR count). The predicted octanol–water partition coefficient (Wildman–Crippen LogP) is 3.60. The summed E-state index contributed by atoms with van der Waals surface area (Å²) >= 11 is 0. The quantitative estimate of drug-likeness (QED) is 0.779. The van der Waals surface area contributed by atoms with E-state index in [0.717, 1.165) is 37.7 Å². The highest BCUT2D eigenvalue weighted by Crippen LogP contribution is 2.31. The summed E-state index contributed by atoms with van der Waals surface area (Å²) in [5.74, 6) is 0.978. The van der Waals surface area contributed by atoms with Gasteiger partial charge >= 0.3 is 6.09 Å². The number of aromatic nitrogens is 3. The van der Waals surface area contributed by atoms with Crippen molar-refractivity contribution in [3.05, 3.63) is 30.4 Å². The van der Waals surface area contributed by atoms with E-state index in [4.69, 9.17) is 9.26 Å². The van der Waals surface area contributed by atoms with Gasteiger partial charge in [0.2, 0.25) is 11.7 Å². The van der Waals surface area contributed by atoms with Crippen molar-refractivity contribution in [1.82, 2.24) is 20.0 Å². The molecular formula is C17H22N4O3. The molecule has 1 atom stereocenters. The molecule has 1 aliphatic heterocycles. The number of pyridine rings is 1. The first-order valence-corrected chi connectivity index (χ1v) is 8.47. The SMILES string of the molecule is CCCCOC(=O)N1CCCCC1c1nc(-c2ccncc2)no1. The number of hydrogen-bond acceptors (Lipinski definition) is 6. The highest BCUT2D eigenvalue weighted by atomic mass is 16.6. The van der Waals surface area contributed by atoms with Crippen LogP contribution in [0.2, 0.25) is 0 Å². The first kappa shape index (κ1) is 16.4. The minimum Gasteiger partial charge on any atom is -0.449 e. The van der Waals surface area contributed by atoms with Crippen molar-refractivity contribution in [2.75, 3.05) is 13.2 Å². The zero-order valence-corrected chi connectivity index (χ0v) is 13.9. The minimum absolute atomic E-state index is 0.212. The molecule has 7 nitrogen and oxygen atoms in total. The number of piperidine rings is 1. The van der Waals surface area contributed by atoms with Gasteiger partial charge in [0, 0.05) is 24.5 Å². The molecule has 7 heteroatoms. The highest BCUT2D eigenvalue weighted by molar-refractivity contribution is 5.68. The van der Waals surface area contributed by atoms with Crippen LogP contribution in [0.15, 0.2) is 29.0 Å². The van der Waals surface area contributed by atoms with Crippen LogP contribution in [-0.2, 0) is 4.74 Å². The molecule has 0 saturated carbocycles. The largest absolute Gasteiger partial charge is 0.449 e. The van der Waals surface area contributed by atoms with Crippen LogP contribution in [0.4, 0.5) is 4.79 Å². The summed E-state index contributed by atoms with van der Waals surface area (Å²) in [7, 11) is 0. The van der Waals surface area contributed by atoms with E-state index in [2.05, 4.69) is 22.0 Å². The van der Waals surface area contributed by atoms with Gasteiger partial charge < -0.3 is 9.26 Å². The van der Waals surface area contributed by atoms with Gasteiger partial charge in [-0.1, -0.05) is 18.5 Å². The minimum atomic E-state index is -0.295. The standard InChI is InChI=1S/C17H22N4O3/c1-2-3-12-23-17(22)21-11-5-4-6-14(21)16-19-15(20-24-16)13-7-9-18-10-8-13/h7-10,14H,2-6,11-12H2,1H3. The van der Waals surface area contributed by atoms with Crippen LogP contribution in [-0.4, -0.2) is 39.3 Å². The van der Waals surface area contributed by atoms with Crippen molar-refractivity contribution >= 4 is 6.09 Å². The van der Waals surface area contributed by atoms with E-state index in [0.29, 0.717) is 24.9 Å². The van der Waals surface area contributed by atoms with Crippen molar-refractivity contribution in [2.24, 2.45) is 0 Å². The van der Waals surface area contributed by atoms with Crippen molar-refractivity contribution < 1.29 is 14.1 Å². The second-order valence-corrected chi connectivity index (χ2v) is 5.87. The van der Waals surface area contributed by atoms with Gasteiger partial charge in [-0.15, -0.1) is 0 Å². The molecule has 2 aromatic rings. The summed E-state index contributed by atoms with van der Waals surface area (Å²) in [6.45, 7) is 3.17. The van der Waals surface area contributed by atoms with Gasteiger partial charge in [0.25, 0.3) is 0 Å². The maximum absolute atomic E-state index is 12.3. The summed E-state index contributed by atoms with van der Waals surface area (Å²) in [5, 5.41) is 4.04. The Balaban J connectivity index is 1.74. The monoisotopic (exact) mass is 330 g/mol. The van der Waals surface area contributed by atoms with Gasteiger partial charge in [-0.25, -0.2) is 4.79 Å². The lowest BCUT2D eigenvalue weighted by molar-refractivity contribution is 0.0630.